The zero-order chi connectivity index (χ0) is 13.1. The Morgan fingerprint density at radius 2 is 2.11 bits per heavy atom. The Hall–Kier alpha value is -0.480. The van der Waals surface area contributed by atoms with Gasteiger partial charge >= 0.3 is 0 Å². The van der Waals surface area contributed by atoms with Crippen LogP contribution < -0.4 is 5.32 Å². The van der Waals surface area contributed by atoms with Crippen LogP contribution in [0.5, 0.6) is 0 Å². The van der Waals surface area contributed by atoms with E-state index >= 15 is 0 Å². The lowest BCUT2D eigenvalue weighted by Crippen LogP contribution is -2.34. The van der Waals surface area contributed by atoms with Crippen molar-refractivity contribution in [2.75, 3.05) is 6.54 Å². The van der Waals surface area contributed by atoms with Crippen LogP contribution in [-0.4, -0.2) is 12.6 Å². The Morgan fingerprint density at radius 1 is 1.39 bits per heavy atom. The van der Waals surface area contributed by atoms with Crippen LogP contribution in [-0.2, 0) is 6.42 Å². The first-order valence-corrected chi connectivity index (χ1v) is 7.28. The van der Waals surface area contributed by atoms with E-state index in [2.05, 4.69) is 28.2 Å². The third-order valence-electron chi connectivity index (χ3n) is 3.41. The van der Waals surface area contributed by atoms with Gasteiger partial charge in [-0.15, -0.1) is 0 Å². The van der Waals surface area contributed by atoms with Gasteiger partial charge in [0.1, 0.15) is 11.6 Å². The molecule has 4 heteroatoms. The number of hydrogen-bond donors (Lipinski definition) is 1. The molecule has 0 aliphatic heterocycles. The van der Waals surface area contributed by atoms with Crippen LogP contribution in [0.25, 0.3) is 0 Å². The van der Waals surface area contributed by atoms with Gasteiger partial charge in [-0.25, -0.2) is 8.78 Å². The summed E-state index contributed by atoms with van der Waals surface area (Å²) in [6, 6.07) is 2.94. The highest BCUT2D eigenvalue weighted by atomic mass is 79.9. The van der Waals surface area contributed by atoms with Crippen LogP contribution >= 0.6 is 15.9 Å². The standard InChI is InChI=1S/C14H18BrF2N/c1-2-7-18-13(9-3-4-9)8-10-12(16)6-5-11(15)14(10)17/h5-6,9,13,18H,2-4,7-8H2,1H3. The van der Waals surface area contributed by atoms with Crippen molar-refractivity contribution in [3.8, 4) is 0 Å². The highest BCUT2D eigenvalue weighted by Gasteiger charge is 2.32. The fourth-order valence-corrected chi connectivity index (χ4v) is 2.58. The molecule has 1 unspecified atom stereocenters. The summed E-state index contributed by atoms with van der Waals surface area (Å²) >= 11 is 3.11. The number of rotatable bonds is 6. The second-order valence-electron chi connectivity index (χ2n) is 4.92. The molecule has 1 fully saturated rings. The topological polar surface area (TPSA) is 12.0 Å². The minimum absolute atomic E-state index is 0.197. The van der Waals surface area contributed by atoms with E-state index in [0.717, 1.165) is 13.0 Å². The first kappa shape index (κ1) is 13.9. The van der Waals surface area contributed by atoms with Gasteiger partial charge in [0.05, 0.1) is 4.47 Å². The third-order valence-corrected chi connectivity index (χ3v) is 4.02. The zero-order valence-corrected chi connectivity index (χ0v) is 12.1. The molecule has 0 aromatic heterocycles. The summed E-state index contributed by atoms with van der Waals surface area (Å²) in [5.74, 6) is -0.326. The predicted molar refractivity (Wildman–Crippen MR) is 72.6 cm³/mol. The maximum Gasteiger partial charge on any atom is 0.143 e. The van der Waals surface area contributed by atoms with Crippen LogP contribution in [0, 0.1) is 17.6 Å². The molecule has 1 atom stereocenters. The van der Waals surface area contributed by atoms with Gasteiger partial charge in [0, 0.05) is 11.6 Å². The molecule has 0 heterocycles. The fraction of sp³-hybridized carbons (Fsp3) is 0.571. The molecule has 1 nitrogen and oxygen atoms in total. The van der Waals surface area contributed by atoms with E-state index < -0.39 is 11.6 Å². The lowest BCUT2D eigenvalue weighted by molar-refractivity contribution is 0.439. The van der Waals surface area contributed by atoms with E-state index in [9.17, 15) is 8.78 Å². The molecule has 18 heavy (non-hydrogen) atoms. The molecule has 0 saturated heterocycles. The van der Waals surface area contributed by atoms with Crippen LogP contribution in [0.15, 0.2) is 16.6 Å². The minimum Gasteiger partial charge on any atom is -0.313 e. The lowest BCUT2D eigenvalue weighted by Gasteiger charge is -2.19. The molecule has 100 valence electrons. The summed E-state index contributed by atoms with van der Waals surface area (Å²) < 4.78 is 28.0. The molecule has 1 N–H and O–H groups in total. The molecule has 1 aromatic carbocycles. The predicted octanol–water partition coefficient (Wildman–Crippen LogP) is 4.05. The molecule has 0 amide bonds. The van der Waals surface area contributed by atoms with Crippen molar-refractivity contribution >= 4 is 15.9 Å². The monoisotopic (exact) mass is 317 g/mol. The average Bonchev–Trinajstić information content (AvgIpc) is 3.18. The number of nitrogens with one attached hydrogen (secondary N) is 1. The summed E-state index contributed by atoms with van der Waals surface area (Å²) in [6.07, 6.45) is 3.80. The second-order valence-corrected chi connectivity index (χ2v) is 5.78. The van der Waals surface area contributed by atoms with Gasteiger partial charge in [0.15, 0.2) is 0 Å². The molecule has 1 aliphatic rings. The van der Waals surface area contributed by atoms with Gasteiger partial charge in [0.25, 0.3) is 0 Å². The van der Waals surface area contributed by atoms with Crippen molar-refractivity contribution < 1.29 is 8.78 Å². The van der Waals surface area contributed by atoms with Crippen LogP contribution in [0.3, 0.4) is 0 Å². The van der Waals surface area contributed by atoms with Crippen LogP contribution in [0.2, 0.25) is 0 Å². The van der Waals surface area contributed by atoms with Gasteiger partial charge in [0.2, 0.25) is 0 Å². The van der Waals surface area contributed by atoms with Crippen molar-refractivity contribution in [2.24, 2.45) is 5.92 Å². The largest absolute Gasteiger partial charge is 0.313 e. The molecule has 1 aliphatic carbocycles. The van der Waals surface area contributed by atoms with E-state index in [4.69, 9.17) is 0 Å². The molecule has 0 spiro atoms. The maximum absolute atomic E-state index is 13.9. The third kappa shape index (κ3) is 3.29. The van der Waals surface area contributed by atoms with Gasteiger partial charge in [-0.05, 0) is 66.2 Å². The van der Waals surface area contributed by atoms with Crippen LogP contribution in [0.1, 0.15) is 31.7 Å². The normalized spacial score (nSPS) is 16.9. The van der Waals surface area contributed by atoms with Gasteiger partial charge < -0.3 is 5.32 Å². The molecule has 1 aromatic rings. The van der Waals surface area contributed by atoms with Crippen molar-refractivity contribution in [2.45, 2.75) is 38.6 Å². The summed E-state index contributed by atoms with van der Waals surface area (Å²) in [6.45, 7) is 3.00. The smallest absolute Gasteiger partial charge is 0.143 e. The Bertz CT molecular complexity index is 419. The SMILES string of the molecule is CCCNC(Cc1c(F)ccc(Br)c1F)C1CC1. The van der Waals surface area contributed by atoms with E-state index in [1.165, 1.54) is 25.0 Å². The summed E-state index contributed by atoms with van der Waals surface area (Å²) in [7, 11) is 0. The molecule has 1 saturated carbocycles. The maximum atomic E-state index is 13.9. The molecule has 0 bridgehead atoms. The second kappa shape index (κ2) is 6.11. The fourth-order valence-electron chi connectivity index (χ4n) is 2.21. The number of benzene rings is 1. The van der Waals surface area contributed by atoms with Gasteiger partial charge in [-0.3, -0.25) is 0 Å². The summed E-state index contributed by atoms with van der Waals surface area (Å²) in [5.41, 5.74) is 0.199. The first-order valence-electron chi connectivity index (χ1n) is 6.49. The molecule has 0 radical (unpaired) electrons. The molecule has 2 rings (SSSR count). The van der Waals surface area contributed by atoms with Crippen molar-refractivity contribution in [3.63, 3.8) is 0 Å². The minimum atomic E-state index is -0.459. The Balaban J connectivity index is 2.13. The zero-order valence-electron chi connectivity index (χ0n) is 10.5. The quantitative estimate of drug-likeness (QED) is 0.780. The Labute approximate surface area is 115 Å². The lowest BCUT2D eigenvalue weighted by atomic mass is 10.0. The van der Waals surface area contributed by atoms with E-state index in [1.54, 1.807) is 0 Å². The van der Waals surface area contributed by atoms with Crippen molar-refractivity contribution in [1.82, 2.24) is 5.32 Å². The first-order chi connectivity index (χ1) is 8.63. The Kier molecular flexibility index (Phi) is 4.73. The van der Waals surface area contributed by atoms with E-state index in [-0.39, 0.29) is 11.6 Å². The summed E-state index contributed by atoms with van der Waals surface area (Å²) in [5, 5.41) is 3.41. The number of halogens is 3. The molecular weight excluding hydrogens is 300 g/mol. The summed E-state index contributed by atoms with van der Waals surface area (Å²) in [4.78, 5) is 0. The van der Waals surface area contributed by atoms with Gasteiger partial charge in [-0.1, -0.05) is 6.92 Å². The van der Waals surface area contributed by atoms with Gasteiger partial charge in [-0.2, -0.15) is 0 Å². The van der Waals surface area contributed by atoms with E-state index in [1.807, 2.05) is 0 Å². The average molecular weight is 318 g/mol. The van der Waals surface area contributed by atoms with Crippen molar-refractivity contribution in [3.05, 3.63) is 33.8 Å². The highest BCUT2D eigenvalue weighted by Crippen LogP contribution is 2.35. The molecular formula is C14H18BrF2N. The Morgan fingerprint density at radius 3 is 2.72 bits per heavy atom. The van der Waals surface area contributed by atoms with Crippen molar-refractivity contribution in [1.29, 1.82) is 0 Å². The van der Waals surface area contributed by atoms with E-state index in [0.29, 0.717) is 16.8 Å². The number of hydrogen-bond acceptors (Lipinski definition) is 1. The highest BCUT2D eigenvalue weighted by molar-refractivity contribution is 9.10. The van der Waals surface area contributed by atoms with Crippen LogP contribution in [0.4, 0.5) is 8.78 Å².